The van der Waals surface area contributed by atoms with Crippen molar-refractivity contribution in [3.63, 3.8) is 0 Å². The van der Waals surface area contributed by atoms with Gasteiger partial charge in [-0.2, -0.15) is 5.10 Å². The Morgan fingerprint density at radius 2 is 1.89 bits per heavy atom. The van der Waals surface area contributed by atoms with E-state index in [1.165, 1.54) is 12.8 Å². The Morgan fingerprint density at radius 1 is 1.22 bits per heavy atom. The normalized spacial score (nSPS) is 13.6. The second-order valence-electron chi connectivity index (χ2n) is 7.46. The van der Waals surface area contributed by atoms with Gasteiger partial charge in [0, 0.05) is 31.3 Å². The van der Waals surface area contributed by atoms with Crippen LogP contribution in [0.25, 0.3) is 5.69 Å². The average molecular weight is 369 g/mol. The smallest absolute Gasteiger partial charge is 0.303 e. The molecule has 0 radical (unpaired) electrons. The molecular weight excluding hydrogens is 342 g/mol. The molecule has 1 aliphatic carbocycles. The van der Waals surface area contributed by atoms with Gasteiger partial charge in [-0.25, -0.2) is 4.68 Å². The summed E-state index contributed by atoms with van der Waals surface area (Å²) in [5.41, 5.74) is 4.29. The van der Waals surface area contributed by atoms with Crippen molar-refractivity contribution in [3.8, 4) is 5.69 Å². The van der Waals surface area contributed by atoms with E-state index in [4.69, 9.17) is 5.11 Å². The van der Waals surface area contributed by atoms with Crippen LogP contribution in [-0.2, 0) is 11.2 Å². The van der Waals surface area contributed by atoms with Gasteiger partial charge in [-0.1, -0.05) is 12.8 Å². The minimum absolute atomic E-state index is 0.0396. The van der Waals surface area contributed by atoms with Crippen LogP contribution in [0.1, 0.15) is 53.0 Å². The van der Waals surface area contributed by atoms with Gasteiger partial charge >= 0.3 is 5.97 Å². The fourth-order valence-electron chi connectivity index (χ4n) is 3.37. The Bertz CT molecular complexity index is 835. The quantitative estimate of drug-likeness (QED) is 0.774. The summed E-state index contributed by atoms with van der Waals surface area (Å²) in [6.45, 7) is 4.64. The van der Waals surface area contributed by atoms with Crippen molar-refractivity contribution in [1.29, 1.82) is 0 Å². The van der Waals surface area contributed by atoms with E-state index in [0.29, 0.717) is 12.0 Å². The number of carbonyl (C=O) groups is 2. The summed E-state index contributed by atoms with van der Waals surface area (Å²) in [5.74, 6) is 0.0388. The number of nitrogens with zero attached hydrogens (tertiary/aromatic N) is 3. The lowest BCUT2D eigenvalue weighted by molar-refractivity contribution is -0.136. The van der Waals surface area contributed by atoms with Crippen LogP contribution in [-0.4, -0.2) is 45.3 Å². The lowest BCUT2D eigenvalue weighted by Gasteiger charge is -2.17. The molecule has 1 aromatic heterocycles. The zero-order valence-corrected chi connectivity index (χ0v) is 16.2. The molecule has 1 aliphatic rings. The summed E-state index contributed by atoms with van der Waals surface area (Å²) >= 11 is 0. The van der Waals surface area contributed by atoms with Crippen molar-refractivity contribution < 1.29 is 14.7 Å². The summed E-state index contributed by atoms with van der Waals surface area (Å²) in [6, 6.07) is 7.45. The standard InChI is InChI=1S/C21H27N3O3/c1-14-19(10-11-20(25)26)15(2)24(22-14)18-8-6-17(7-9-18)21(27)23(3)13-12-16-4-5-16/h6-9,16H,4-5,10-13H2,1-3H3,(H,25,26). The number of carboxylic acid groups (broad SMARTS) is 1. The molecule has 0 unspecified atom stereocenters. The van der Waals surface area contributed by atoms with Crippen LogP contribution >= 0.6 is 0 Å². The Kier molecular flexibility index (Phi) is 5.63. The predicted molar refractivity (Wildman–Crippen MR) is 103 cm³/mol. The highest BCUT2D eigenvalue weighted by atomic mass is 16.4. The minimum atomic E-state index is -0.810. The topological polar surface area (TPSA) is 75.4 Å². The van der Waals surface area contributed by atoms with Gasteiger partial charge in [-0.05, 0) is 62.4 Å². The van der Waals surface area contributed by atoms with Crippen molar-refractivity contribution in [3.05, 3.63) is 46.8 Å². The summed E-state index contributed by atoms with van der Waals surface area (Å²) in [4.78, 5) is 25.2. The second-order valence-corrected chi connectivity index (χ2v) is 7.46. The molecule has 6 heteroatoms. The summed E-state index contributed by atoms with van der Waals surface area (Å²) in [6.07, 6.45) is 4.25. The molecule has 1 saturated carbocycles. The van der Waals surface area contributed by atoms with E-state index in [2.05, 4.69) is 5.10 Å². The molecule has 0 spiro atoms. The third-order valence-corrected chi connectivity index (χ3v) is 5.31. The molecule has 144 valence electrons. The van der Waals surface area contributed by atoms with E-state index in [1.54, 1.807) is 4.90 Å². The minimum Gasteiger partial charge on any atom is -0.481 e. The van der Waals surface area contributed by atoms with Gasteiger partial charge in [-0.15, -0.1) is 0 Å². The Labute approximate surface area is 159 Å². The Hall–Kier alpha value is -2.63. The number of hydrogen-bond acceptors (Lipinski definition) is 3. The largest absolute Gasteiger partial charge is 0.481 e. The maximum Gasteiger partial charge on any atom is 0.303 e. The molecule has 1 amide bonds. The number of aryl methyl sites for hydroxylation is 1. The molecule has 1 N–H and O–H groups in total. The van der Waals surface area contributed by atoms with E-state index in [0.717, 1.165) is 41.5 Å². The van der Waals surface area contributed by atoms with Gasteiger partial charge < -0.3 is 10.0 Å². The highest BCUT2D eigenvalue weighted by molar-refractivity contribution is 5.94. The first-order chi connectivity index (χ1) is 12.9. The second kappa shape index (κ2) is 7.94. The van der Waals surface area contributed by atoms with E-state index in [-0.39, 0.29) is 12.3 Å². The number of rotatable bonds is 8. The molecule has 0 bridgehead atoms. The molecule has 0 aliphatic heterocycles. The van der Waals surface area contributed by atoms with Crippen LogP contribution < -0.4 is 0 Å². The lowest BCUT2D eigenvalue weighted by Crippen LogP contribution is -2.28. The van der Waals surface area contributed by atoms with Crippen LogP contribution in [0.2, 0.25) is 0 Å². The van der Waals surface area contributed by atoms with E-state index in [1.807, 2.05) is 49.8 Å². The molecule has 1 aromatic carbocycles. The maximum absolute atomic E-state index is 12.5. The van der Waals surface area contributed by atoms with Crippen LogP contribution in [0.5, 0.6) is 0 Å². The predicted octanol–water partition coefficient (Wildman–Crippen LogP) is 3.38. The van der Waals surface area contributed by atoms with Crippen LogP contribution in [0, 0.1) is 19.8 Å². The monoisotopic (exact) mass is 369 g/mol. The van der Waals surface area contributed by atoms with E-state index in [9.17, 15) is 9.59 Å². The van der Waals surface area contributed by atoms with Crippen molar-refractivity contribution >= 4 is 11.9 Å². The zero-order valence-electron chi connectivity index (χ0n) is 16.2. The highest BCUT2D eigenvalue weighted by Gasteiger charge is 2.22. The number of amides is 1. The molecule has 1 heterocycles. The van der Waals surface area contributed by atoms with Gasteiger partial charge in [-0.3, -0.25) is 9.59 Å². The van der Waals surface area contributed by atoms with Crippen molar-refractivity contribution in [2.24, 2.45) is 5.92 Å². The molecular formula is C21H27N3O3. The number of carbonyl (C=O) groups excluding carboxylic acids is 1. The average Bonchev–Trinajstić information content (AvgIpc) is 3.43. The van der Waals surface area contributed by atoms with Crippen molar-refractivity contribution in [1.82, 2.24) is 14.7 Å². The third kappa shape index (κ3) is 4.56. The first kappa shape index (κ1) is 19.1. The SMILES string of the molecule is Cc1nn(-c2ccc(C(=O)N(C)CCC3CC3)cc2)c(C)c1CCC(=O)O. The van der Waals surface area contributed by atoms with Crippen LogP contribution in [0.4, 0.5) is 0 Å². The fourth-order valence-corrected chi connectivity index (χ4v) is 3.37. The van der Waals surface area contributed by atoms with E-state index >= 15 is 0 Å². The first-order valence-electron chi connectivity index (χ1n) is 9.49. The van der Waals surface area contributed by atoms with E-state index < -0.39 is 5.97 Å². The molecule has 2 aromatic rings. The fraction of sp³-hybridized carbons (Fsp3) is 0.476. The van der Waals surface area contributed by atoms with Gasteiger partial charge in [0.2, 0.25) is 0 Å². The van der Waals surface area contributed by atoms with Crippen LogP contribution in [0.15, 0.2) is 24.3 Å². The Morgan fingerprint density at radius 3 is 2.48 bits per heavy atom. The number of aromatic nitrogens is 2. The first-order valence-corrected chi connectivity index (χ1v) is 9.49. The highest BCUT2D eigenvalue weighted by Crippen LogP contribution is 2.32. The lowest BCUT2D eigenvalue weighted by atomic mass is 10.1. The van der Waals surface area contributed by atoms with Gasteiger partial charge in [0.05, 0.1) is 11.4 Å². The van der Waals surface area contributed by atoms with Gasteiger partial charge in [0.25, 0.3) is 5.91 Å². The molecule has 6 nitrogen and oxygen atoms in total. The maximum atomic E-state index is 12.5. The third-order valence-electron chi connectivity index (χ3n) is 5.31. The summed E-state index contributed by atoms with van der Waals surface area (Å²) in [5, 5.41) is 13.5. The molecule has 3 rings (SSSR count). The van der Waals surface area contributed by atoms with Crippen molar-refractivity contribution in [2.75, 3.05) is 13.6 Å². The Balaban J connectivity index is 1.72. The zero-order chi connectivity index (χ0) is 19.6. The number of benzene rings is 1. The van der Waals surface area contributed by atoms with Gasteiger partial charge in [0.1, 0.15) is 0 Å². The van der Waals surface area contributed by atoms with Gasteiger partial charge in [0.15, 0.2) is 0 Å². The van der Waals surface area contributed by atoms with Crippen molar-refractivity contribution in [2.45, 2.75) is 46.0 Å². The summed E-state index contributed by atoms with van der Waals surface area (Å²) < 4.78 is 1.82. The number of aliphatic carboxylic acids is 1. The molecule has 27 heavy (non-hydrogen) atoms. The summed E-state index contributed by atoms with van der Waals surface area (Å²) in [7, 11) is 1.86. The number of carboxylic acids is 1. The molecule has 0 saturated heterocycles. The number of hydrogen-bond donors (Lipinski definition) is 1. The molecule has 0 atom stereocenters. The van der Waals surface area contributed by atoms with Crippen LogP contribution in [0.3, 0.4) is 0 Å². The molecule has 1 fully saturated rings.